The third-order valence-corrected chi connectivity index (χ3v) is 3.85. The molecule has 1 aromatic carbocycles. The maximum absolute atomic E-state index is 12.2. The van der Waals surface area contributed by atoms with Crippen LogP contribution in [-0.4, -0.2) is 40.8 Å². The number of nitrogens with zero attached hydrogens (tertiary/aromatic N) is 1. The van der Waals surface area contributed by atoms with Gasteiger partial charge in [0.2, 0.25) is 0 Å². The number of benzene rings is 1. The highest BCUT2D eigenvalue weighted by Crippen LogP contribution is 2.38. The molecule has 0 aliphatic heterocycles. The molecule has 1 aliphatic rings. The van der Waals surface area contributed by atoms with Crippen molar-refractivity contribution in [1.29, 1.82) is 5.41 Å². The molecule has 25 heavy (non-hydrogen) atoms. The van der Waals surface area contributed by atoms with Crippen molar-refractivity contribution in [3.05, 3.63) is 35.0 Å². The van der Waals surface area contributed by atoms with Crippen LogP contribution in [0.1, 0.15) is 34.1 Å². The maximum Gasteiger partial charge on any atom is 0.274 e. The van der Waals surface area contributed by atoms with E-state index in [4.69, 9.17) is 15.7 Å². The van der Waals surface area contributed by atoms with E-state index >= 15 is 0 Å². The van der Waals surface area contributed by atoms with Gasteiger partial charge in [-0.3, -0.25) is 20.1 Å². The first-order chi connectivity index (χ1) is 11.5. The first-order valence-corrected chi connectivity index (χ1v) is 9.21. The second-order valence-corrected chi connectivity index (χ2v) is 7.25. The molecule has 1 atom stereocenters. The molecule has 10 heteroatoms. The summed E-state index contributed by atoms with van der Waals surface area (Å²) in [4.78, 5) is 12.2. The van der Waals surface area contributed by atoms with Gasteiger partial charge in [-0.25, -0.2) is 0 Å². The summed E-state index contributed by atoms with van der Waals surface area (Å²) < 4.78 is 27.7. The van der Waals surface area contributed by atoms with Gasteiger partial charge in [0.15, 0.2) is 5.96 Å². The zero-order chi connectivity index (χ0) is 18.9. The first kappa shape index (κ1) is 18.9. The number of guanidine groups is 1. The Labute approximate surface area is 144 Å². The molecule has 136 valence electrons. The molecule has 1 unspecified atom stereocenters. The quantitative estimate of drug-likeness (QED) is 0.276. The number of carbonyl (C=O) groups is 1. The molecule has 1 amide bonds. The molecule has 1 aromatic heterocycles. The van der Waals surface area contributed by atoms with E-state index in [1.807, 2.05) is 25.2 Å². The standard InChI is InChI=1S/C14H16N4O2.CH4O3S/c1-18-9-4-2-3-7-10(19)6-5-8(11(7)9)12(18)13(20)17-14(15)16;1-5(2,3)4/h2-4,10,19H,5-6H2,1H3,(H4,15,16,17,20);1H3,(H,2,3,4). The fourth-order valence-electron chi connectivity index (χ4n) is 3.04. The Morgan fingerprint density at radius 3 is 2.60 bits per heavy atom. The van der Waals surface area contributed by atoms with Crippen molar-refractivity contribution in [1.82, 2.24) is 9.88 Å². The molecular weight excluding hydrogens is 348 g/mol. The molecular formula is C15H20N4O5S. The van der Waals surface area contributed by atoms with Crippen LogP contribution in [0.4, 0.5) is 0 Å². The molecule has 6 N–H and O–H groups in total. The molecule has 0 radical (unpaired) electrons. The van der Waals surface area contributed by atoms with Gasteiger partial charge in [0.1, 0.15) is 5.69 Å². The van der Waals surface area contributed by atoms with Gasteiger partial charge in [0.05, 0.1) is 12.4 Å². The number of hydrogen-bond acceptors (Lipinski definition) is 5. The SMILES string of the molecule is CS(=O)(=O)O.Cn1c(C(=O)NC(=N)N)c2c3c(cccc31)C(O)CC2. The van der Waals surface area contributed by atoms with E-state index in [-0.39, 0.29) is 11.9 Å². The molecule has 9 nitrogen and oxygen atoms in total. The van der Waals surface area contributed by atoms with Crippen molar-refractivity contribution in [2.24, 2.45) is 12.8 Å². The summed E-state index contributed by atoms with van der Waals surface area (Å²) in [5.74, 6) is -0.753. The van der Waals surface area contributed by atoms with E-state index in [2.05, 4.69) is 5.32 Å². The summed E-state index contributed by atoms with van der Waals surface area (Å²) in [6, 6.07) is 5.69. The average molecular weight is 368 g/mol. The lowest BCUT2D eigenvalue weighted by atomic mass is 9.89. The number of aromatic nitrogens is 1. The summed E-state index contributed by atoms with van der Waals surface area (Å²) in [5.41, 5.74) is 8.43. The number of aliphatic hydroxyl groups is 1. The Kier molecular flexibility index (Phi) is 5.16. The molecule has 0 saturated heterocycles. The number of amides is 1. The Hall–Kier alpha value is -2.43. The van der Waals surface area contributed by atoms with Crippen LogP contribution >= 0.6 is 0 Å². The van der Waals surface area contributed by atoms with E-state index in [1.165, 1.54) is 0 Å². The van der Waals surface area contributed by atoms with Crippen LogP contribution in [0.3, 0.4) is 0 Å². The van der Waals surface area contributed by atoms with Crippen molar-refractivity contribution in [3.8, 4) is 0 Å². The third kappa shape index (κ3) is 4.16. The van der Waals surface area contributed by atoms with Gasteiger partial charge in [-0.1, -0.05) is 12.1 Å². The number of nitrogens with two attached hydrogens (primary N) is 1. The van der Waals surface area contributed by atoms with Gasteiger partial charge in [0, 0.05) is 18.0 Å². The molecule has 1 aliphatic carbocycles. The minimum atomic E-state index is -3.67. The van der Waals surface area contributed by atoms with Crippen LogP contribution in [-0.2, 0) is 23.6 Å². The summed E-state index contributed by atoms with van der Waals surface area (Å²) in [7, 11) is -1.86. The van der Waals surface area contributed by atoms with Crippen LogP contribution in [0.15, 0.2) is 18.2 Å². The Morgan fingerprint density at radius 1 is 1.44 bits per heavy atom. The molecule has 0 fully saturated rings. The monoisotopic (exact) mass is 368 g/mol. The highest BCUT2D eigenvalue weighted by molar-refractivity contribution is 7.85. The lowest BCUT2D eigenvalue weighted by molar-refractivity contribution is 0.0967. The van der Waals surface area contributed by atoms with Gasteiger partial charge in [-0.15, -0.1) is 0 Å². The Balaban J connectivity index is 0.000000399. The zero-order valence-corrected chi connectivity index (χ0v) is 14.6. The highest BCUT2D eigenvalue weighted by atomic mass is 32.2. The van der Waals surface area contributed by atoms with Crippen molar-refractivity contribution in [2.75, 3.05) is 6.26 Å². The van der Waals surface area contributed by atoms with Crippen LogP contribution in [0.25, 0.3) is 10.9 Å². The van der Waals surface area contributed by atoms with Crippen LogP contribution in [0.2, 0.25) is 0 Å². The molecule has 0 spiro atoms. The number of hydrogen-bond donors (Lipinski definition) is 5. The number of rotatable bonds is 1. The van der Waals surface area contributed by atoms with E-state index < -0.39 is 16.2 Å². The topological polar surface area (TPSA) is 158 Å². The summed E-state index contributed by atoms with van der Waals surface area (Å²) in [5, 5.41) is 20.6. The molecule has 1 heterocycles. The molecule has 3 rings (SSSR count). The highest BCUT2D eigenvalue weighted by Gasteiger charge is 2.28. The van der Waals surface area contributed by atoms with E-state index in [9.17, 15) is 18.3 Å². The fraction of sp³-hybridized carbons (Fsp3) is 0.333. The fourth-order valence-corrected chi connectivity index (χ4v) is 3.04. The van der Waals surface area contributed by atoms with Gasteiger partial charge in [-0.05, 0) is 30.0 Å². The van der Waals surface area contributed by atoms with E-state index in [0.717, 1.165) is 22.0 Å². The van der Waals surface area contributed by atoms with Crippen molar-refractivity contribution >= 4 is 32.9 Å². The van der Waals surface area contributed by atoms with Gasteiger partial charge in [-0.2, -0.15) is 8.42 Å². The van der Waals surface area contributed by atoms with E-state index in [0.29, 0.717) is 24.8 Å². The van der Waals surface area contributed by atoms with Crippen LogP contribution in [0.5, 0.6) is 0 Å². The predicted octanol–water partition coefficient (Wildman–Crippen LogP) is 0.285. The largest absolute Gasteiger partial charge is 0.388 e. The number of nitrogens with one attached hydrogen (secondary N) is 2. The lowest BCUT2D eigenvalue weighted by Crippen LogP contribution is -2.37. The van der Waals surface area contributed by atoms with Crippen LogP contribution in [0, 0.1) is 5.41 Å². The predicted molar refractivity (Wildman–Crippen MR) is 93.1 cm³/mol. The van der Waals surface area contributed by atoms with E-state index in [1.54, 1.807) is 4.57 Å². The summed E-state index contributed by atoms with van der Waals surface area (Å²) in [6.45, 7) is 0. The molecule has 0 bridgehead atoms. The van der Waals surface area contributed by atoms with Gasteiger partial charge >= 0.3 is 0 Å². The molecule has 0 saturated carbocycles. The number of carbonyl (C=O) groups excluding carboxylic acids is 1. The second kappa shape index (κ2) is 6.82. The number of aliphatic hydroxyl groups excluding tert-OH is 1. The minimum absolute atomic E-state index is 0.372. The van der Waals surface area contributed by atoms with Crippen molar-refractivity contribution < 1.29 is 22.9 Å². The van der Waals surface area contributed by atoms with Crippen molar-refractivity contribution in [3.63, 3.8) is 0 Å². The normalized spacial score (nSPS) is 16.1. The lowest BCUT2D eigenvalue weighted by Gasteiger charge is -2.18. The first-order valence-electron chi connectivity index (χ1n) is 7.36. The third-order valence-electron chi connectivity index (χ3n) is 3.85. The summed E-state index contributed by atoms with van der Waals surface area (Å²) in [6.07, 6.45) is 1.46. The van der Waals surface area contributed by atoms with Gasteiger partial charge in [0.25, 0.3) is 16.0 Å². The maximum atomic E-state index is 12.2. The average Bonchev–Trinajstić information content (AvgIpc) is 2.75. The van der Waals surface area contributed by atoms with Gasteiger partial charge < -0.3 is 15.4 Å². The zero-order valence-electron chi connectivity index (χ0n) is 13.8. The summed E-state index contributed by atoms with van der Waals surface area (Å²) >= 11 is 0. The second-order valence-electron chi connectivity index (χ2n) is 5.78. The van der Waals surface area contributed by atoms with Crippen molar-refractivity contribution in [2.45, 2.75) is 18.9 Å². The Morgan fingerprint density at radius 2 is 2.04 bits per heavy atom. The smallest absolute Gasteiger partial charge is 0.274 e. The Bertz CT molecular complexity index is 940. The molecule has 2 aromatic rings. The van der Waals surface area contributed by atoms with Crippen LogP contribution < -0.4 is 11.1 Å². The minimum Gasteiger partial charge on any atom is -0.388 e. The number of aryl methyl sites for hydroxylation is 2.